The Morgan fingerprint density at radius 3 is 1.63 bits per heavy atom. The van der Waals surface area contributed by atoms with Crippen molar-refractivity contribution in [2.45, 2.75) is 26.1 Å². The van der Waals surface area contributed by atoms with E-state index >= 15 is 0 Å². The molecule has 2 aromatic rings. The first-order chi connectivity index (χ1) is 14.2. The highest BCUT2D eigenvalue weighted by Gasteiger charge is 2.35. The molecule has 12 heteroatoms. The predicted molar refractivity (Wildman–Crippen MR) is 106 cm³/mol. The van der Waals surface area contributed by atoms with Crippen molar-refractivity contribution in [2.75, 3.05) is 13.2 Å². The number of phosphoric acid groups is 1. The fraction of sp³-hybridized carbons (Fsp3) is 0.333. The SMILES string of the molecule is CCOP(=O)(OCC)O[C@H](c1ccc([N+](=O)[O-])cc1)[C@H](O)c1ccc([N+](=O)[O-])cc1. The molecule has 30 heavy (non-hydrogen) atoms. The van der Waals surface area contributed by atoms with Gasteiger partial charge in [-0.2, -0.15) is 0 Å². The molecule has 0 aliphatic carbocycles. The van der Waals surface area contributed by atoms with Gasteiger partial charge in [-0.15, -0.1) is 0 Å². The predicted octanol–water partition coefficient (Wildman–Crippen LogP) is 4.48. The quantitative estimate of drug-likeness (QED) is 0.303. The van der Waals surface area contributed by atoms with E-state index in [4.69, 9.17) is 13.6 Å². The summed E-state index contributed by atoms with van der Waals surface area (Å²) >= 11 is 0. The Labute approximate surface area is 172 Å². The summed E-state index contributed by atoms with van der Waals surface area (Å²) in [5.74, 6) is 0. The number of phosphoric ester groups is 1. The molecule has 0 bridgehead atoms. The summed E-state index contributed by atoms with van der Waals surface area (Å²) < 4.78 is 28.7. The number of non-ortho nitro benzene ring substituents is 2. The molecular formula is C18H21N2O9P. The van der Waals surface area contributed by atoms with E-state index in [0.717, 1.165) is 0 Å². The molecule has 0 spiro atoms. The molecule has 0 amide bonds. The minimum absolute atomic E-state index is 0.0118. The zero-order valence-corrected chi connectivity index (χ0v) is 17.1. The maximum atomic E-state index is 12.9. The van der Waals surface area contributed by atoms with Gasteiger partial charge in [-0.1, -0.05) is 0 Å². The van der Waals surface area contributed by atoms with Crippen LogP contribution in [0.5, 0.6) is 0 Å². The Balaban J connectivity index is 2.44. The first-order valence-electron chi connectivity index (χ1n) is 8.95. The largest absolute Gasteiger partial charge is 0.475 e. The minimum atomic E-state index is -4.07. The summed E-state index contributed by atoms with van der Waals surface area (Å²) in [4.78, 5) is 20.6. The van der Waals surface area contributed by atoms with Gasteiger partial charge in [0, 0.05) is 24.3 Å². The number of nitrogens with zero attached hydrogens (tertiary/aromatic N) is 2. The Bertz CT molecular complexity index is 908. The second kappa shape index (κ2) is 10.4. The Morgan fingerprint density at radius 1 is 0.867 bits per heavy atom. The van der Waals surface area contributed by atoms with Crippen molar-refractivity contribution in [3.8, 4) is 0 Å². The number of hydrogen-bond donors (Lipinski definition) is 1. The van der Waals surface area contributed by atoms with Crippen LogP contribution in [-0.4, -0.2) is 28.2 Å². The summed E-state index contributed by atoms with van der Waals surface area (Å²) in [7, 11) is -4.07. The van der Waals surface area contributed by atoms with Gasteiger partial charge >= 0.3 is 7.82 Å². The zero-order chi connectivity index (χ0) is 22.3. The van der Waals surface area contributed by atoms with Crippen molar-refractivity contribution in [1.29, 1.82) is 0 Å². The van der Waals surface area contributed by atoms with Crippen LogP contribution < -0.4 is 0 Å². The molecule has 2 aromatic carbocycles. The lowest BCUT2D eigenvalue weighted by molar-refractivity contribution is -0.385. The van der Waals surface area contributed by atoms with Crippen LogP contribution in [-0.2, 0) is 18.1 Å². The van der Waals surface area contributed by atoms with Crippen LogP contribution in [0.25, 0.3) is 0 Å². The van der Waals surface area contributed by atoms with E-state index in [1.165, 1.54) is 48.5 Å². The number of nitro groups is 2. The smallest absolute Gasteiger partial charge is 0.385 e. The van der Waals surface area contributed by atoms with E-state index in [1.807, 2.05) is 0 Å². The molecule has 0 unspecified atom stereocenters. The molecule has 162 valence electrons. The van der Waals surface area contributed by atoms with Crippen molar-refractivity contribution in [1.82, 2.24) is 0 Å². The van der Waals surface area contributed by atoms with Gasteiger partial charge in [-0.05, 0) is 49.2 Å². The third-order valence-electron chi connectivity index (χ3n) is 3.98. The Hall–Kier alpha value is -2.69. The van der Waals surface area contributed by atoms with E-state index in [9.17, 15) is 29.9 Å². The average Bonchev–Trinajstić information content (AvgIpc) is 2.72. The molecular weight excluding hydrogens is 419 g/mol. The number of nitro benzene ring substituents is 2. The molecule has 11 nitrogen and oxygen atoms in total. The average molecular weight is 440 g/mol. The van der Waals surface area contributed by atoms with Crippen LogP contribution >= 0.6 is 7.82 Å². The van der Waals surface area contributed by atoms with Gasteiger partial charge in [0.2, 0.25) is 0 Å². The number of benzene rings is 2. The molecule has 0 aliphatic heterocycles. The number of aliphatic hydroxyl groups is 1. The van der Waals surface area contributed by atoms with Crippen LogP contribution in [0.15, 0.2) is 48.5 Å². The monoisotopic (exact) mass is 440 g/mol. The molecule has 0 aliphatic rings. The van der Waals surface area contributed by atoms with Gasteiger partial charge in [0.1, 0.15) is 12.2 Å². The van der Waals surface area contributed by atoms with E-state index in [1.54, 1.807) is 13.8 Å². The third kappa shape index (κ3) is 5.91. The fourth-order valence-electron chi connectivity index (χ4n) is 2.61. The van der Waals surface area contributed by atoms with Crippen molar-refractivity contribution in [3.05, 3.63) is 79.9 Å². The third-order valence-corrected chi connectivity index (χ3v) is 5.62. The van der Waals surface area contributed by atoms with Gasteiger partial charge in [-0.3, -0.25) is 33.8 Å². The van der Waals surface area contributed by atoms with Crippen molar-refractivity contribution < 1.29 is 33.1 Å². The molecule has 1 N–H and O–H groups in total. The molecule has 2 rings (SSSR count). The summed E-state index contributed by atoms with van der Waals surface area (Å²) in [6, 6.07) is 10.2. The molecule has 0 aromatic heterocycles. The zero-order valence-electron chi connectivity index (χ0n) is 16.2. The van der Waals surface area contributed by atoms with Gasteiger partial charge < -0.3 is 5.11 Å². The van der Waals surface area contributed by atoms with Crippen LogP contribution in [0, 0.1) is 20.2 Å². The standard InChI is InChI=1S/C18H21N2O9P/c1-3-27-30(26,28-4-2)29-18(14-7-11-16(12-8-14)20(24)25)17(21)13-5-9-15(10-6-13)19(22)23/h5-12,17-18,21H,3-4H2,1-2H3/t17-,18-/m1/s1. The first-order valence-corrected chi connectivity index (χ1v) is 10.4. The second-order valence-corrected chi connectivity index (χ2v) is 7.57. The van der Waals surface area contributed by atoms with Gasteiger partial charge in [0.15, 0.2) is 0 Å². The van der Waals surface area contributed by atoms with Gasteiger partial charge in [-0.25, -0.2) is 4.57 Å². The van der Waals surface area contributed by atoms with Gasteiger partial charge in [0.25, 0.3) is 11.4 Å². The van der Waals surface area contributed by atoms with Crippen LogP contribution in [0.1, 0.15) is 37.2 Å². The molecule has 0 saturated heterocycles. The summed E-state index contributed by atoms with van der Waals surface area (Å²) in [5, 5.41) is 32.6. The van der Waals surface area contributed by atoms with Crippen molar-refractivity contribution >= 4 is 19.2 Å². The lowest BCUT2D eigenvalue weighted by Crippen LogP contribution is -2.15. The lowest BCUT2D eigenvalue weighted by Gasteiger charge is -2.27. The maximum absolute atomic E-state index is 12.9. The first kappa shape index (κ1) is 23.6. The van der Waals surface area contributed by atoms with Crippen molar-refractivity contribution in [2.24, 2.45) is 0 Å². The van der Waals surface area contributed by atoms with Crippen molar-refractivity contribution in [3.63, 3.8) is 0 Å². The highest BCUT2D eigenvalue weighted by atomic mass is 31.2. The molecule has 2 atom stereocenters. The summed E-state index contributed by atoms with van der Waals surface area (Å²) in [5.41, 5.74) is 0.155. The minimum Gasteiger partial charge on any atom is -0.385 e. The summed E-state index contributed by atoms with van der Waals surface area (Å²) in [6.45, 7) is 3.20. The second-order valence-electron chi connectivity index (χ2n) is 5.95. The summed E-state index contributed by atoms with van der Waals surface area (Å²) in [6.07, 6.45) is -2.72. The van der Waals surface area contributed by atoms with E-state index in [-0.39, 0.29) is 35.7 Å². The molecule has 0 radical (unpaired) electrons. The topological polar surface area (TPSA) is 151 Å². The van der Waals surface area contributed by atoms with Crippen LogP contribution in [0.4, 0.5) is 11.4 Å². The van der Waals surface area contributed by atoms with E-state index < -0.39 is 29.9 Å². The van der Waals surface area contributed by atoms with Crippen LogP contribution in [0.3, 0.4) is 0 Å². The molecule has 0 heterocycles. The Morgan fingerprint density at radius 2 is 1.27 bits per heavy atom. The molecule has 0 fully saturated rings. The Kier molecular flexibility index (Phi) is 8.16. The highest BCUT2D eigenvalue weighted by Crippen LogP contribution is 2.55. The maximum Gasteiger partial charge on any atom is 0.475 e. The fourth-order valence-corrected chi connectivity index (χ4v) is 3.95. The van der Waals surface area contributed by atoms with Crippen LogP contribution in [0.2, 0.25) is 0 Å². The van der Waals surface area contributed by atoms with E-state index in [2.05, 4.69) is 0 Å². The van der Waals surface area contributed by atoms with E-state index in [0.29, 0.717) is 0 Å². The van der Waals surface area contributed by atoms with Gasteiger partial charge in [0.05, 0.1) is 23.1 Å². The number of aliphatic hydroxyl groups excluding tert-OH is 1. The normalized spacial score (nSPS) is 13.6. The molecule has 0 saturated carbocycles. The number of hydrogen-bond acceptors (Lipinski definition) is 9. The number of rotatable bonds is 11. The lowest BCUT2D eigenvalue weighted by atomic mass is 9.98. The highest BCUT2D eigenvalue weighted by molar-refractivity contribution is 7.48.